The van der Waals surface area contributed by atoms with Crippen molar-refractivity contribution < 1.29 is 9.53 Å². The first kappa shape index (κ1) is 16.3. The summed E-state index contributed by atoms with van der Waals surface area (Å²) in [6.45, 7) is 3.41. The highest BCUT2D eigenvalue weighted by Crippen LogP contribution is 2.19. The van der Waals surface area contributed by atoms with Gasteiger partial charge in [-0.05, 0) is 37.1 Å². The van der Waals surface area contributed by atoms with Crippen molar-refractivity contribution in [2.24, 2.45) is 0 Å². The SMILES string of the molecule is O=C(NC1CCCCCCC1)c1ccc(N2CCOCC2)cc1. The molecule has 126 valence electrons. The number of nitrogens with one attached hydrogen (secondary N) is 1. The minimum atomic E-state index is 0.0732. The number of carbonyl (C=O) groups is 1. The van der Waals surface area contributed by atoms with Crippen molar-refractivity contribution in [2.75, 3.05) is 31.2 Å². The van der Waals surface area contributed by atoms with E-state index < -0.39 is 0 Å². The number of nitrogens with zero attached hydrogens (tertiary/aromatic N) is 1. The van der Waals surface area contributed by atoms with Crippen LogP contribution in [0, 0.1) is 0 Å². The first-order valence-electron chi connectivity index (χ1n) is 9.06. The fourth-order valence-corrected chi connectivity index (χ4v) is 3.51. The number of ether oxygens (including phenoxy) is 1. The van der Waals surface area contributed by atoms with Crippen LogP contribution in [0.25, 0.3) is 0 Å². The van der Waals surface area contributed by atoms with Crippen LogP contribution in [0.4, 0.5) is 5.69 Å². The first-order valence-corrected chi connectivity index (χ1v) is 9.06. The van der Waals surface area contributed by atoms with Crippen LogP contribution in [-0.2, 0) is 4.74 Å². The predicted octanol–water partition coefficient (Wildman–Crippen LogP) is 3.37. The molecule has 0 unspecified atom stereocenters. The van der Waals surface area contributed by atoms with E-state index in [9.17, 15) is 4.79 Å². The van der Waals surface area contributed by atoms with Gasteiger partial charge in [0.2, 0.25) is 0 Å². The standard InChI is InChI=1S/C19H28N2O2/c22-19(20-17-6-4-2-1-3-5-7-17)16-8-10-18(11-9-16)21-12-14-23-15-13-21/h8-11,17H,1-7,12-15H2,(H,20,22). The Balaban J connectivity index is 1.56. The summed E-state index contributed by atoms with van der Waals surface area (Å²) in [5.74, 6) is 0.0732. The summed E-state index contributed by atoms with van der Waals surface area (Å²) in [5, 5.41) is 3.23. The largest absolute Gasteiger partial charge is 0.378 e. The number of morpholine rings is 1. The maximum absolute atomic E-state index is 12.5. The van der Waals surface area contributed by atoms with Crippen LogP contribution in [-0.4, -0.2) is 38.3 Å². The molecule has 23 heavy (non-hydrogen) atoms. The fraction of sp³-hybridized carbons (Fsp3) is 0.632. The van der Waals surface area contributed by atoms with Gasteiger partial charge in [-0.15, -0.1) is 0 Å². The normalized spacial score (nSPS) is 20.6. The highest BCUT2D eigenvalue weighted by molar-refractivity contribution is 5.94. The Morgan fingerprint density at radius 2 is 1.57 bits per heavy atom. The number of rotatable bonds is 3. The summed E-state index contributed by atoms with van der Waals surface area (Å²) in [6.07, 6.45) is 8.68. The number of hydrogen-bond acceptors (Lipinski definition) is 3. The Hall–Kier alpha value is -1.55. The van der Waals surface area contributed by atoms with Crippen LogP contribution >= 0.6 is 0 Å². The average Bonchev–Trinajstić information content (AvgIpc) is 2.58. The van der Waals surface area contributed by atoms with Gasteiger partial charge in [0.1, 0.15) is 0 Å². The van der Waals surface area contributed by atoms with Crippen LogP contribution in [0.2, 0.25) is 0 Å². The van der Waals surface area contributed by atoms with Crippen molar-refractivity contribution in [3.05, 3.63) is 29.8 Å². The average molecular weight is 316 g/mol. The lowest BCUT2D eigenvalue weighted by Crippen LogP contribution is -2.36. The van der Waals surface area contributed by atoms with Gasteiger partial charge in [0.15, 0.2) is 0 Å². The molecule has 1 amide bonds. The van der Waals surface area contributed by atoms with Gasteiger partial charge in [0.05, 0.1) is 13.2 Å². The van der Waals surface area contributed by atoms with Gasteiger partial charge in [-0.2, -0.15) is 0 Å². The molecule has 0 atom stereocenters. The summed E-state index contributed by atoms with van der Waals surface area (Å²) in [5.41, 5.74) is 1.94. The maximum atomic E-state index is 12.5. The topological polar surface area (TPSA) is 41.6 Å². The maximum Gasteiger partial charge on any atom is 0.251 e. The Morgan fingerprint density at radius 3 is 2.22 bits per heavy atom. The zero-order valence-electron chi connectivity index (χ0n) is 13.9. The quantitative estimate of drug-likeness (QED) is 0.929. The number of carbonyl (C=O) groups excluding carboxylic acids is 1. The Labute approximate surface area is 139 Å². The molecule has 0 radical (unpaired) electrons. The third kappa shape index (κ3) is 4.71. The molecule has 1 aliphatic heterocycles. The van der Waals surface area contributed by atoms with Crippen LogP contribution in [0.1, 0.15) is 55.3 Å². The molecule has 2 fully saturated rings. The van der Waals surface area contributed by atoms with Crippen molar-refractivity contribution >= 4 is 11.6 Å². The minimum absolute atomic E-state index is 0.0732. The molecule has 4 heteroatoms. The molecule has 1 saturated heterocycles. The minimum Gasteiger partial charge on any atom is -0.378 e. The van der Waals surface area contributed by atoms with E-state index in [2.05, 4.69) is 22.3 Å². The van der Waals surface area contributed by atoms with Crippen molar-refractivity contribution in [2.45, 2.75) is 51.0 Å². The van der Waals surface area contributed by atoms with Crippen LogP contribution in [0.15, 0.2) is 24.3 Å². The van der Waals surface area contributed by atoms with E-state index in [1.807, 2.05) is 12.1 Å². The molecule has 1 heterocycles. The van der Waals surface area contributed by atoms with E-state index >= 15 is 0 Å². The number of amides is 1. The monoisotopic (exact) mass is 316 g/mol. The fourth-order valence-electron chi connectivity index (χ4n) is 3.51. The van der Waals surface area contributed by atoms with Crippen molar-refractivity contribution in [1.29, 1.82) is 0 Å². The molecule has 4 nitrogen and oxygen atoms in total. The lowest BCUT2D eigenvalue weighted by molar-refractivity contribution is 0.0930. The van der Waals surface area contributed by atoms with Gasteiger partial charge >= 0.3 is 0 Å². The Bertz CT molecular complexity index is 487. The van der Waals surface area contributed by atoms with E-state index in [0.717, 1.165) is 44.7 Å². The van der Waals surface area contributed by atoms with Gasteiger partial charge < -0.3 is 15.0 Å². The van der Waals surface area contributed by atoms with E-state index in [1.165, 1.54) is 37.8 Å². The second-order valence-electron chi connectivity index (χ2n) is 6.66. The molecule has 2 aliphatic rings. The zero-order chi connectivity index (χ0) is 15.9. The molecular weight excluding hydrogens is 288 g/mol. The molecular formula is C19H28N2O2. The van der Waals surface area contributed by atoms with Gasteiger partial charge in [0.25, 0.3) is 5.91 Å². The highest BCUT2D eigenvalue weighted by atomic mass is 16.5. The van der Waals surface area contributed by atoms with Crippen molar-refractivity contribution in [3.63, 3.8) is 0 Å². The van der Waals surface area contributed by atoms with Crippen LogP contribution in [0.5, 0.6) is 0 Å². The molecule has 0 aromatic heterocycles. The summed E-state index contributed by atoms with van der Waals surface area (Å²) >= 11 is 0. The van der Waals surface area contributed by atoms with Crippen molar-refractivity contribution in [1.82, 2.24) is 5.32 Å². The molecule has 3 rings (SSSR count). The van der Waals surface area contributed by atoms with Gasteiger partial charge in [-0.3, -0.25) is 4.79 Å². The summed E-state index contributed by atoms with van der Waals surface area (Å²) in [6, 6.07) is 8.35. The predicted molar refractivity (Wildman–Crippen MR) is 93.0 cm³/mol. The second-order valence-corrected chi connectivity index (χ2v) is 6.66. The molecule has 0 bridgehead atoms. The molecule has 1 aliphatic carbocycles. The lowest BCUT2D eigenvalue weighted by atomic mass is 9.96. The smallest absolute Gasteiger partial charge is 0.251 e. The Kier molecular flexibility index (Phi) is 5.92. The summed E-state index contributed by atoms with van der Waals surface area (Å²) < 4.78 is 5.38. The van der Waals surface area contributed by atoms with Gasteiger partial charge in [0, 0.05) is 30.4 Å². The lowest BCUT2D eigenvalue weighted by Gasteiger charge is -2.29. The summed E-state index contributed by atoms with van der Waals surface area (Å²) in [4.78, 5) is 14.8. The van der Waals surface area contributed by atoms with Gasteiger partial charge in [-0.25, -0.2) is 0 Å². The number of hydrogen-bond donors (Lipinski definition) is 1. The van der Waals surface area contributed by atoms with Crippen molar-refractivity contribution in [3.8, 4) is 0 Å². The molecule has 1 saturated carbocycles. The molecule has 0 spiro atoms. The molecule has 1 N–H and O–H groups in total. The molecule has 1 aromatic rings. The summed E-state index contributed by atoms with van der Waals surface area (Å²) in [7, 11) is 0. The number of anilines is 1. The van der Waals surface area contributed by atoms with Gasteiger partial charge in [-0.1, -0.05) is 32.1 Å². The third-order valence-corrected chi connectivity index (χ3v) is 4.95. The van der Waals surface area contributed by atoms with Crippen LogP contribution in [0.3, 0.4) is 0 Å². The van der Waals surface area contributed by atoms with E-state index in [-0.39, 0.29) is 5.91 Å². The van der Waals surface area contributed by atoms with E-state index in [4.69, 9.17) is 4.74 Å². The van der Waals surface area contributed by atoms with E-state index in [0.29, 0.717) is 6.04 Å². The zero-order valence-corrected chi connectivity index (χ0v) is 13.9. The third-order valence-electron chi connectivity index (χ3n) is 4.95. The highest BCUT2D eigenvalue weighted by Gasteiger charge is 2.16. The number of benzene rings is 1. The second kappa shape index (κ2) is 8.34. The van der Waals surface area contributed by atoms with E-state index in [1.54, 1.807) is 0 Å². The Morgan fingerprint density at radius 1 is 0.957 bits per heavy atom. The first-order chi connectivity index (χ1) is 11.3. The van der Waals surface area contributed by atoms with Crippen LogP contribution < -0.4 is 10.2 Å². The molecule has 1 aromatic carbocycles.